The second-order valence-corrected chi connectivity index (χ2v) is 7.98. The van der Waals surface area contributed by atoms with Crippen LogP contribution in [0.15, 0.2) is 24.3 Å². The van der Waals surface area contributed by atoms with Gasteiger partial charge in [0, 0.05) is 12.5 Å². The summed E-state index contributed by atoms with van der Waals surface area (Å²) in [4.78, 5) is 11.9. The zero-order valence-corrected chi connectivity index (χ0v) is 17.3. The van der Waals surface area contributed by atoms with E-state index in [1.54, 1.807) is 27.7 Å². The Morgan fingerprint density at radius 2 is 1.86 bits per heavy atom. The van der Waals surface area contributed by atoms with E-state index in [1.165, 1.54) is 25.3 Å². The predicted octanol–water partition coefficient (Wildman–Crippen LogP) is 4.14. The molecule has 6 nitrogen and oxygen atoms in total. The number of carbonyl (C=O) groups is 1. The highest BCUT2D eigenvalue weighted by atomic mass is 31.1. The van der Waals surface area contributed by atoms with Gasteiger partial charge in [0.1, 0.15) is 11.8 Å². The van der Waals surface area contributed by atoms with Gasteiger partial charge in [-0.05, 0) is 56.8 Å². The summed E-state index contributed by atoms with van der Waals surface area (Å²) in [7, 11) is -1.52. The third-order valence-electron chi connectivity index (χ3n) is 3.95. The second kappa shape index (κ2) is 9.45. The van der Waals surface area contributed by atoms with Crippen LogP contribution >= 0.6 is 8.03 Å². The van der Waals surface area contributed by atoms with Crippen LogP contribution in [0.2, 0.25) is 0 Å². The number of hydrogen-bond donors (Lipinski definition) is 1. The van der Waals surface area contributed by atoms with E-state index < -0.39 is 37.6 Å². The van der Waals surface area contributed by atoms with Crippen molar-refractivity contribution in [3.05, 3.63) is 41.5 Å². The van der Waals surface area contributed by atoms with Gasteiger partial charge in [-0.25, -0.2) is 8.78 Å². The first-order valence-electron chi connectivity index (χ1n) is 8.73. The van der Waals surface area contributed by atoms with Gasteiger partial charge in [0.05, 0.1) is 6.10 Å². The molecule has 0 fully saturated rings. The van der Waals surface area contributed by atoms with Gasteiger partial charge in [0.25, 0.3) is 8.03 Å². The fourth-order valence-corrected chi connectivity index (χ4v) is 3.69. The van der Waals surface area contributed by atoms with E-state index in [9.17, 15) is 18.1 Å². The molecule has 0 saturated carbocycles. The van der Waals surface area contributed by atoms with Crippen LogP contribution in [0, 0.1) is 18.6 Å². The van der Waals surface area contributed by atoms with E-state index in [4.69, 9.17) is 14.0 Å². The van der Waals surface area contributed by atoms with E-state index in [1.807, 2.05) is 0 Å². The molecule has 0 spiro atoms. The molecule has 2 aromatic carbocycles. The molecule has 0 aliphatic heterocycles. The molecule has 0 radical (unpaired) electrons. The van der Waals surface area contributed by atoms with Crippen molar-refractivity contribution in [1.82, 2.24) is 5.32 Å². The van der Waals surface area contributed by atoms with Crippen molar-refractivity contribution < 1.29 is 32.1 Å². The van der Waals surface area contributed by atoms with E-state index in [0.717, 1.165) is 6.07 Å². The summed E-state index contributed by atoms with van der Waals surface area (Å²) in [6.45, 7) is 6.61. The van der Waals surface area contributed by atoms with Crippen LogP contribution in [0.25, 0.3) is 10.8 Å². The van der Waals surface area contributed by atoms with Crippen molar-refractivity contribution >= 4 is 24.8 Å². The maximum absolute atomic E-state index is 14.0. The number of aryl methyl sites for hydroxylation is 1. The van der Waals surface area contributed by atoms with Gasteiger partial charge in [0.2, 0.25) is 0 Å². The largest absolute Gasteiger partial charge is 0.462 e. The summed E-state index contributed by atoms with van der Waals surface area (Å²) in [5, 5.41) is 3.32. The number of halogens is 2. The topological polar surface area (TPSA) is 73.9 Å². The van der Waals surface area contributed by atoms with E-state index in [0.29, 0.717) is 10.9 Å². The zero-order valence-electron chi connectivity index (χ0n) is 16.3. The standard InChI is InChI=1S/C19H24F2NO5P/c1-10(2)26-18(23)12(4)22-19(25-5)28(24)27-14-8-11(3)16-13(9-14)6-7-15(20)17(16)21/h6-10,12,19,22,28H,1-5H3/t12-,19?/m0/s1. The average molecular weight is 415 g/mol. The molecule has 9 heteroatoms. The van der Waals surface area contributed by atoms with Gasteiger partial charge in [-0.2, -0.15) is 0 Å². The lowest BCUT2D eigenvalue weighted by Crippen LogP contribution is -2.42. The van der Waals surface area contributed by atoms with Crippen molar-refractivity contribution in [1.29, 1.82) is 0 Å². The Labute approximate surface area is 163 Å². The van der Waals surface area contributed by atoms with Crippen molar-refractivity contribution in [2.24, 2.45) is 0 Å². The first kappa shape index (κ1) is 22.3. The molecule has 28 heavy (non-hydrogen) atoms. The highest BCUT2D eigenvalue weighted by molar-refractivity contribution is 7.40. The number of esters is 1. The quantitative estimate of drug-likeness (QED) is 0.397. The molecular formula is C19H24F2NO5P. The van der Waals surface area contributed by atoms with Crippen molar-refractivity contribution in [2.75, 3.05) is 7.11 Å². The molecule has 2 rings (SSSR count). The molecule has 2 unspecified atom stereocenters. The SMILES string of the molecule is COC(N[C@@H](C)C(=O)OC(C)C)[PH](=O)Oc1cc(C)c2c(F)c(F)ccc2c1. The van der Waals surface area contributed by atoms with Crippen LogP contribution < -0.4 is 9.84 Å². The van der Waals surface area contributed by atoms with E-state index >= 15 is 0 Å². The van der Waals surface area contributed by atoms with Crippen LogP contribution in [0.3, 0.4) is 0 Å². The number of benzene rings is 2. The molecule has 2 aromatic rings. The van der Waals surface area contributed by atoms with Crippen LogP contribution in [0.5, 0.6) is 5.75 Å². The van der Waals surface area contributed by atoms with Gasteiger partial charge in [0.15, 0.2) is 17.6 Å². The van der Waals surface area contributed by atoms with Gasteiger partial charge in [-0.3, -0.25) is 14.7 Å². The lowest BCUT2D eigenvalue weighted by Gasteiger charge is -2.22. The first-order valence-corrected chi connectivity index (χ1v) is 10.1. The molecule has 0 aromatic heterocycles. The number of methoxy groups -OCH3 is 1. The smallest absolute Gasteiger partial charge is 0.323 e. The molecule has 0 bridgehead atoms. The third-order valence-corrected chi connectivity index (χ3v) is 5.22. The highest BCUT2D eigenvalue weighted by Crippen LogP contribution is 2.35. The third kappa shape index (κ3) is 5.28. The monoisotopic (exact) mass is 415 g/mol. The molecule has 0 heterocycles. The molecule has 0 saturated heterocycles. The lowest BCUT2D eigenvalue weighted by atomic mass is 10.0. The summed E-state index contributed by atoms with van der Waals surface area (Å²) in [5.74, 6) is -3.21. The molecule has 0 amide bonds. The van der Waals surface area contributed by atoms with Crippen LogP contribution in [-0.4, -0.2) is 31.2 Å². The van der Waals surface area contributed by atoms with Crippen molar-refractivity contribution in [3.8, 4) is 5.75 Å². The molecule has 3 atom stereocenters. The Kier molecular flexibility index (Phi) is 7.52. The van der Waals surface area contributed by atoms with Crippen molar-refractivity contribution in [3.63, 3.8) is 0 Å². The number of carbonyl (C=O) groups excluding carboxylic acids is 1. The second-order valence-electron chi connectivity index (χ2n) is 6.61. The number of nitrogens with one attached hydrogen (secondary N) is 1. The van der Waals surface area contributed by atoms with Crippen molar-refractivity contribution in [2.45, 2.75) is 45.8 Å². The van der Waals surface area contributed by atoms with Gasteiger partial charge in [-0.1, -0.05) is 6.07 Å². The highest BCUT2D eigenvalue weighted by Gasteiger charge is 2.25. The molecule has 0 aliphatic rings. The molecular weight excluding hydrogens is 391 g/mol. The van der Waals surface area contributed by atoms with Gasteiger partial charge in [-0.15, -0.1) is 0 Å². The fourth-order valence-electron chi connectivity index (χ4n) is 2.66. The summed E-state index contributed by atoms with van der Waals surface area (Å²) < 4.78 is 55.7. The van der Waals surface area contributed by atoms with Crippen LogP contribution in [0.4, 0.5) is 8.78 Å². The average Bonchev–Trinajstić information content (AvgIpc) is 2.61. The summed E-state index contributed by atoms with van der Waals surface area (Å²) in [5.41, 5.74) is 0.440. The van der Waals surface area contributed by atoms with E-state index in [-0.39, 0.29) is 17.2 Å². The van der Waals surface area contributed by atoms with Gasteiger partial charge < -0.3 is 14.0 Å². The minimum absolute atomic E-state index is 0.137. The van der Waals surface area contributed by atoms with Gasteiger partial charge >= 0.3 is 5.97 Å². The first-order chi connectivity index (χ1) is 13.1. The maximum Gasteiger partial charge on any atom is 0.323 e. The minimum Gasteiger partial charge on any atom is -0.462 e. The summed E-state index contributed by atoms with van der Waals surface area (Å²) in [6, 6.07) is 4.61. The Balaban J connectivity index is 2.16. The fraction of sp³-hybridized carbons (Fsp3) is 0.421. The minimum atomic E-state index is -2.85. The predicted molar refractivity (Wildman–Crippen MR) is 103 cm³/mol. The molecule has 154 valence electrons. The van der Waals surface area contributed by atoms with Crippen LogP contribution in [-0.2, 0) is 18.8 Å². The number of ether oxygens (including phenoxy) is 2. The zero-order chi connectivity index (χ0) is 21.0. The Bertz CT molecular complexity index is 890. The lowest BCUT2D eigenvalue weighted by molar-refractivity contribution is -0.150. The summed E-state index contributed by atoms with van der Waals surface area (Å²) in [6.07, 6.45) is -0.281. The Morgan fingerprint density at radius 1 is 1.18 bits per heavy atom. The molecule has 0 aliphatic carbocycles. The normalized spacial score (nSPS) is 14.7. The van der Waals surface area contributed by atoms with E-state index in [2.05, 4.69) is 5.32 Å². The number of rotatable bonds is 8. The van der Waals surface area contributed by atoms with Crippen LogP contribution in [0.1, 0.15) is 26.3 Å². The Hall–Kier alpha value is -2.02. The summed E-state index contributed by atoms with van der Waals surface area (Å²) >= 11 is 0. The Morgan fingerprint density at radius 3 is 2.46 bits per heavy atom. The maximum atomic E-state index is 14.0. The number of hydrogen-bond acceptors (Lipinski definition) is 6. The molecule has 1 N–H and O–H groups in total. The number of fused-ring (bicyclic) bond motifs is 1.